The van der Waals surface area contributed by atoms with Crippen molar-refractivity contribution in [2.45, 2.75) is 18.9 Å². The summed E-state index contributed by atoms with van der Waals surface area (Å²) in [7, 11) is 0. The van der Waals surface area contributed by atoms with Crippen LogP contribution in [0.2, 0.25) is 0 Å². The quantitative estimate of drug-likeness (QED) is 0.274. The second kappa shape index (κ2) is 10.4. The van der Waals surface area contributed by atoms with E-state index in [9.17, 15) is 4.39 Å². The van der Waals surface area contributed by atoms with Crippen LogP contribution in [0.3, 0.4) is 0 Å². The Morgan fingerprint density at radius 2 is 1.90 bits per heavy atom. The van der Waals surface area contributed by atoms with Gasteiger partial charge in [0.2, 0.25) is 0 Å². The molecule has 1 fully saturated rings. The van der Waals surface area contributed by atoms with Gasteiger partial charge in [-0.15, -0.1) is 0 Å². The standard InChI is InChI=1S/C30H27FN8O/c31-24-4-2-1-3-21(24)22-9-14-35-29-27(22)36-30(37-29)28-23-10-13-34-25(5-6-26(23)38-39-28)18-15-20(17-33-16-18)40-19-7-11-32-12-8-19/h1-6,9-10,14-17,19,32,34,38H,7-8,11-13H2,(H,35,36,37)/b23-10-,25-5-,26-6+. The SMILES string of the molecule is Fc1ccccc1-c1ccnc2nc(-c3n[nH]c4/c3=C/CN/C(c3cncc(OC5CCNCC5)c3)=C\C=4)[nH]c12. The number of pyridine rings is 2. The number of aromatic nitrogens is 6. The van der Waals surface area contributed by atoms with Crippen molar-refractivity contribution in [1.82, 2.24) is 40.8 Å². The van der Waals surface area contributed by atoms with E-state index < -0.39 is 0 Å². The van der Waals surface area contributed by atoms with Crippen LogP contribution < -0.4 is 25.9 Å². The Balaban J connectivity index is 1.21. The minimum Gasteiger partial charge on any atom is -0.489 e. The lowest BCUT2D eigenvalue weighted by molar-refractivity contribution is 0.162. The maximum atomic E-state index is 14.6. The van der Waals surface area contributed by atoms with Crippen LogP contribution in [0.1, 0.15) is 18.4 Å². The number of H-pyrrole nitrogens is 2. The van der Waals surface area contributed by atoms with Crippen LogP contribution in [-0.2, 0) is 0 Å². The van der Waals surface area contributed by atoms with Gasteiger partial charge in [0.25, 0.3) is 0 Å². The summed E-state index contributed by atoms with van der Waals surface area (Å²) in [4.78, 5) is 16.8. The number of fused-ring (bicyclic) bond motifs is 2. The van der Waals surface area contributed by atoms with Gasteiger partial charge in [-0.1, -0.05) is 24.3 Å². The van der Waals surface area contributed by atoms with E-state index in [4.69, 9.17) is 4.74 Å². The molecule has 0 aliphatic carbocycles. The number of piperidine rings is 1. The van der Waals surface area contributed by atoms with Crippen molar-refractivity contribution in [2.75, 3.05) is 19.6 Å². The number of hydrogen-bond acceptors (Lipinski definition) is 7. The highest BCUT2D eigenvalue weighted by Gasteiger charge is 2.17. The number of allylic oxidation sites excluding steroid dienone is 1. The first-order chi connectivity index (χ1) is 19.7. The lowest BCUT2D eigenvalue weighted by Gasteiger charge is -2.24. The largest absolute Gasteiger partial charge is 0.489 e. The van der Waals surface area contributed by atoms with Gasteiger partial charge in [-0.05, 0) is 56.3 Å². The average Bonchev–Trinajstić information content (AvgIpc) is 3.58. The molecule has 7 rings (SSSR count). The van der Waals surface area contributed by atoms with Gasteiger partial charge in [0.05, 0.1) is 17.1 Å². The molecule has 0 atom stereocenters. The Labute approximate surface area is 228 Å². The van der Waals surface area contributed by atoms with Crippen molar-refractivity contribution in [3.05, 3.63) is 83.0 Å². The van der Waals surface area contributed by atoms with Crippen LogP contribution in [0.4, 0.5) is 4.39 Å². The first-order valence-electron chi connectivity index (χ1n) is 13.4. The van der Waals surface area contributed by atoms with E-state index in [1.807, 2.05) is 30.5 Å². The summed E-state index contributed by atoms with van der Waals surface area (Å²) >= 11 is 0. The van der Waals surface area contributed by atoms with Crippen LogP contribution >= 0.6 is 0 Å². The summed E-state index contributed by atoms with van der Waals surface area (Å²) in [6, 6.07) is 10.5. The summed E-state index contributed by atoms with van der Waals surface area (Å²) in [6.07, 6.45) is 13.5. The lowest BCUT2D eigenvalue weighted by Crippen LogP contribution is -2.34. The van der Waals surface area contributed by atoms with Crippen molar-refractivity contribution in [2.24, 2.45) is 0 Å². The molecule has 0 bridgehead atoms. The number of aromatic amines is 2. The molecule has 1 saturated heterocycles. The van der Waals surface area contributed by atoms with Crippen LogP contribution in [0.25, 0.3) is 51.7 Å². The van der Waals surface area contributed by atoms with Gasteiger partial charge >= 0.3 is 0 Å². The zero-order valence-electron chi connectivity index (χ0n) is 21.6. The van der Waals surface area contributed by atoms with E-state index in [0.29, 0.717) is 40.4 Å². The summed E-state index contributed by atoms with van der Waals surface area (Å²) < 4.78 is 20.8. The summed E-state index contributed by atoms with van der Waals surface area (Å²) in [5.74, 6) is 1.03. The van der Waals surface area contributed by atoms with E-state index in [-0.39, 0.29) is 11.9 Å². The summed E-state index contributed by atoms with van der Waals surface area (Å²) in [6.45, 7) is 2.51. The van der Waals surface area contributed by atoms with Gasteiger partial charge in [0.15, 0.2) is 11.5 Å². The van der Waals surface area contributed by atoms with Gasteiger partial charge in [-0.2, -0.15) is 5.10 Å². The third kappa shape index (κ3) is 4.62. The first kappa shape index (κ1) is 24.2. The predicted octanol–water partition coefficient (Wildman–Crippen LogP) is 2.89. The average molecular weight is 535 g/mol. The van der Waals surface area contributed by atoms with Crippen LogP contribution in [0.5, 0.6) is 5.75 Å². The molecule has 6 heterocycles. The van der Waals surface area contributed by atoms with E-state index in [1.165, 1.54) is 6.07 Å². The molecule has 2 aliphatic rings. The normalized spacial score (nSPS) is 18.7. The van der Waals surface area contributed by atoms with Crippen molar-refractivity contribution >= 4 is 29.0 Å². The number of hydrogen-bond donors (Lipinski definition) is 4. The highest BCUT2D eigenvalue weighted by Crippen LogP contribution is 2.29. The van der Waals surface area contributed by atoms with Gasteiger partial charge in [-0.25, -0.2) is 14.4 Å². The Hall–Kier alpha value is -4.83. The molecule has 4 N–H and O–H groups in total. The molecule has 0 unspecified atom stereocenters. The van der Waals surface area contributed by atoms with Gasteiger partial charge in [0, 0.05) is 46.5 Å². The Bertz CT molecular complexity index is 1850. The molecule has 40 heavy (non-hydrogen) atoms. The Kier molecular flexibility index (Phi) is 6.29. The van der Waals surface area contributed by atoms with Crippen LogP contribution in [0.15, 0.2) is 61.1 Å². The fourth-order valence-electron chi connectivity index (χ4n) is 5.23. The molecule has 0 spiro atoms. The molecule has 0 saturated carbocycles. The maximum absolute atomic E-state index is 14.6. The molecule has 200 valence electrons. The van der Waals surface area contributed by atoms with E-state index in [0.717, 1.165) is 53.5 Å². The molecular formula is C30H27FN8O. The van der Waals surface area contributed by atoms with Gasteiger partial charge in [-0.3, -0.25) is 10.1 Å². The molecule has 0 radical (unpaired) electrons. The fraction of sp³-hybridized carbons (Fsp3) is 0.200. The zero-order chi connectivity index (χ0) is 26.9. The molecule has 10 heteroatoms. The number of benzene rings is 1. The molecule has 5 aromatic rings. The number of rotatable bonds is 5. The van der Waals surface area contributed by atoms with Crippen LogP contribution in [0, 0.1) is 5.82 Å². The maximum Gasteiger partial charge on any atom is 0.178 e. The highest BCUT2D eigenvalue weighted by molar-refractivity contribution is 5.91. The molecule has 1 aromatic carbocycles. The van der Waals surface area contributed by atoms with E-state index >= 15 is 0 Å². The molecule has 0 amide bonds. The summed E-state index contributed by atoms with van der Waals surface area (Å²) in [5.41, 5.74) is 4.90. The number of halogens is 1. The predicted molar refractivity (Wildman–Crippen MR) is 152 cm³/mol. The monoisotopic (exact) mass is 534 g/mol. The summed E-state index contributed by atoms with van der Waals surface area (Å²) in [5, 5.41) is 16.3. The Morgan fingerprint density at radius 1 is 1.00 bits per heavy atom. The minimum atomic E-state index is -0.300. The van der Waals surface area contributed by atoms with E-state index in [1.54, 1.807) is 30.6 Å². The van der Waals surface area contributed by atoms with Crippen molar-refractivity contribution in [3.8, 4) is 28.4 Å². The van der Waals surface area contributed by atoms with E-state index in [2.05, 4.69) is 46.8 Å². The second-order valence-corrected chi connectivity index (χ2v) is 9.83. The smallest absolute Gasteiger partial charge is 0.178 e. The number of ether oxygens (including phenoxy) is 1. The number of nitrogens with zero attached hydrogens (tertiary/aromatic N) is 4. The molecular weight excluding hydrogens is 507 g/mol. The third-order valence-electron chi connectivity index (χ3n) is 7.24. The van der Waals surface area contributed by atoms with Crippen molar-refractivity contribution < 1.29 is 9.13 Å². The molecule has 9 nitrogen and oxygen atoms in total. The first-order valence-corrected chi connectivity index (χ1v) is 13.4. The lowest BCUT2D eigenvalue weighted by atomic mass is 10.1. The topological polar surface area (TPSA) is 116 Å². The van der Waals surface area contributed by atoms with Crippen molar-refractivity contribution in [3.63, 3.8) is 0 Å². The van der Waals surface area contributed by atoms with Gasteiger partial charge in [0.1, 0.15) is 23.4 Å². The van der Waals surface area contributed by atoms with Gasteiger partial charge < -0.3 is 20.4 Å². The van der Waals surface area contributed by atoms with Crippen LogP contribution in [-0.4, -0.2) is 55.9 Å². The molecule has 2 aliphatic heterocycles. The number of imidazole rings is 1. The fourth-order valence-corrected chi connectivity index (χ4v) is 5.23. The number of nitrogens with one attached hydrogen (secondary N) is 4. The highest BCUT2D eigenvalue weighted by atomic mass is 19.1. The minimum absolute atomic E-state index is 0.208. The molecule has 4 aromatic heterocycles. The second-order valence-electron chi connectivity index (χ2n) is 9.83. The third-order valence-corrected chi connectivity index (χ3v) is 7.24. The Morgan fingerprint density at radius 3 is 2.80 bits per heavy atom. The zero-order valence-corrected chi connectivity index (χ0v) is 21.6. The van der Waals surface area contributed by atoms with Crippen molar-refractivity contribution in [1.29, 1.82) is 0 Å².